The van der Waals surface area contributed by atoms with Crippen molar-refractivity contribution in [2.45, 2.75) is 38.3 Å². The van der Waals surface area contributed by atoms with Gasteiger partial charge in [0.1, 0.15) is 11.9 Å². The van der Waals surface area contributed by atoms with Gasteiger partial charge in [-0.3, -0.25) is 4.79 Å². The van der Waals surface area contributed by atoms with Crippen LogP contribution in [0.3, 0.4) is 0 Å². The molecule has 2 N–H and O–H groups in total. The van der Waals surface area contributed by atoms with Gasteiger partial charge in [-0.1, -0.05) is 18.5 Å². The molecule has 0 saturated carbocycles. The van der Waals surface area contributed by atoms with Crippen molar-refractivity contribution in [3.63, 3.8) is 0 Å². The number of ether oxygens (including phenoxy) is 1. The number of nitrogens with zero attached hydrogens (tertiary/aromatic N) is 1. The van der Waals surface area contributed by atoms with E-state index in [1.165, 1.54) is 0 Å². The molecule has 1 aromatic rings. The minimum atomic E-state index is -0.372. The highest BCUT2D eigenvalue weighted by atomic mass is 35.5. The van der Waals surface area contributed by atoms with E-state index in [1.807, 2.05) is 36.1 Å². The maximum atomic E-state index is 12.0. The molecule has 0 bridgehead atoms. The smallest absolute Gasteiger partial charge is 0.239 e. The fourth-order valence-corrected chi connectivity index (χ4v) is 2.43. The maximum absolute atomic E-state index is 12.0. The predicted octanol–water partition coefficient (Wildman–Crippen LogP) is 2.87. The standard InChI is InChI=1S/C15H21ClN2O2.ClH/c1-2-14(17)15(19)18-9-7-13(8-10-18)20-12-5-3-11(16)4-6-12;/h3-6,13-14H,2,7-10,17H2,1H3;1H/t14-;/m0./s1. The Balaban J connectivity index is 0.00000220. The van der Waals surface area contributed by atoms with Crippen LogP contribution in [0.4, 0.5) is 0 Å². The van der Waals surface area contributed by atoms with Crippen LogP contribution in [0.5, 0.6) is 5.75 Å². The van der Waals surface area contributed by atoms with E-state index in [4.69, 9.17) is 22.1 Å². The quantitative estimate of drug-likeness (QED) is 0.922. The number of piperidine rings is 1. The average molecular weight is 333 g/mol. The zero-order chi connectivity index (χ0) is 14.5. The highest BCUT2D eigenvalue weighted by molar-refractivity contribution is 6.30. The first kappa shape index (κ1) is 18.1. The minimum absolute atomic E-state index is 0. The van der Waals surface area contributed by atoms with E-state index in [1.54, 1.807) is 0 Å². The Morgan fingerprint density at radius 1 is 1.38 bits per heavy atom. The van der Waals surface area contributed by atoms with Crippen LogP contribution in [0, 0.1) is 0 Å². The van der Waals surface area contributed by atoms with Gasteiger partial charge in [-0.25, -0.2) is 0 Å². The monoisotopic (exact) mass is 332 g/mol. The number of rotatable bonds is 4. The van der Waals surface area contributed by atoms with Crippen molar-refractivity contribution < 1.29 is 9.53 Å². The summed E-state index contributed by atoms with van der Waals surface area (Å²) in [5, 5.41) is 0.700. The Hall–Kier alpha value is -0.970. The summed E-state index contributed by atoms with van der Waals surface area (Å²) in [5.41, 5.74) is 5.78. The fourth-order valence-electron chi connectivity index (χ4n) is 2.31. The van der Waals surface area contributed by atoms with Crippen LogP contribution in [0.25, 0.3) is 0 Å². The van der Waals surface area contributed by atoms with Crippen molar-refractivity contribution in [3.8, 4) is 5.75 Å². The first-order valence-corrected chi connectivity index (χ1v) is 7.44. The van der Waals surface area contributed by atoms with E-state index in [2.05, 4.69) is 0 Å². The SMILES string of the molecule is CC[C@H](N)C(=O)N1CCC(Oc2ccc(Cl)cc2)CC1.Cl. The van der Waals surface area contributed by atoms with Gasteiger partial charge < -0.3 is 15.4 Å². The van der Waals surface area contributed by atoms with Crippen LogP contribution < -0.4 is 10.5 Å². The summed E-state index contributed by atoms with van der Waals surface area (Å²) in [6, 6.07) is 6.99. The van der Waals surface area contributed by atoms with Gasteiger partial charge in [-0.2, -0.15) is 0 Å². The summed E-state index contributed by atoms with van der Waals surface area (Å²) < 4.78 is 5.90. The molecule has 1 amide bonds. The third-order valence-corrected chi connectivity index (χ3v) is 3.88. The number of nitrogens with two attached hydrogens (primary N) is 1. The molecule has 0 radical (unpaired) electrons. The number of halogens is 2. The molecule has 1 fully saturated rings. The lowest BCUT2D eigenvalue weighted by molar-refractivity contribution is -0.134. The normalized spacial score (nSPS) is 17.0. The summed E-state index contributed by atoms with van der Waals surface area (Å²) in [6.45, 7) is 3.36. The highest BCUT2D eigenvalue weighted by Crippen LogP contribution is 2.21. The van der Waals surface area contributed by atoms with Gasteiger partial charge in [0.05, 0.1) is 6.04 Å². The second-order valence-electron chi connectivity index (χ2n) is 5.11. The van der Waals surface area contributed by atoms with Crippen molar-refractivity contribution in [3.05, 3.63) is 29.3 Å². The third kappa shape index (κ3) is 5.06. The van der Waals surface area contributed by atoms with E-state index in [0.717, 1.165) is 18.6 Å². The number of hydrogen-bond acceptors (Lipinski definition) is 3. The third-order valence-electron chi connectivity index (χ3n) is 3.63. The lowest BCUT2D eigenvalue weighted by Gasteiger charge is -2.33. The van der Waals surface area contributed by atoms with E-state index in [-0.39, 0.29) is 30.5 Å². The molecule has 0 aromatic heterocycles. The van der Waals surface area contributed by atoms with Gasteiger partial charge in [0.25, 0.3) is 0 Å². The molecule has 1 saturated heterocycles. The molecule has 1 heterocycles. The summed E-state index contributed by atoms with van der Waals surface area (Å²) >= 11 is 5.84. The van der Waals surface area contributed by atoms with Crippen molar-refractivity contribution in [2.75, 3.05) is 13.1 Å². The predicted molar refractivity (Wildman–Crippen MR) is 87.2 cm³/mol. The lowest BCUT2D eigenvalue weighted by Crippen LogP contribution is -2.48. The summed E-state index contributed by atoms with van der Waals surface area (Å²) in [6.07, 6.45) is 2.51. The first-order valence-electron chi connectivity index (χ1n) is 7.06. The fraction of sp³-hybridized carbons (Fsp3) is 0.533. The van der Waals surface area contributed by atoms with Crippen LogP contribution in [0.1, 0.15) is 26.2 Å². The average Bonchev–Trinajstić information content (AvgIpc) is 2.49. The molecule has 0 aliphatic carbocycles. The minimum Gasteiger partial charge on any atom is -0.490 e. The van der Waals surface area contributed by atoms with Crippen molar-refractivity contribution >= 4 is 29.9 Å². The van der Waals surface area contributed by atoms with E-state index in [0.29, 0.717) is 24.5 Å². The largest absolute Gasteiger partial charge is 0.490 e. The Kier molecular flexibility index (Phi) is 7.29. The number of carbonyl (C=O) groups is 1. The molecule has 1 aliphatic rings. The Labute approximate surface area is 137 Å². The van der Waals surface area contributed by atoms with Gasteiger partial charge in [-0.05, 0) is 30.7 Å². The van der Waals surface area contributed by atoms with Gasteiger partial charge >= 0.3 is 0 Å². The number of hydrogen-bond donors (Lipinski definition) is 1. The molecular formula is C15H22Cl2N2O2. The molecule has 2 rings (SSSR count). The summed E-state index contributed by atoms with van der Waals surface area (Å²) in [7, 11) is 0. The zero-order valence-electron chi connectivity index (χ0n) is 12.1. The van der Waals surface area contributed by atoms with Crippen molar-refractivity contribution in [2.24, 2.45) is 5.73 Å². The topological polar surface area (TPSA) is 55.6 Å². The highest BCUT2D eigenvalue weighted by Gasteiger charge is 2.26. The Bertz CT molecular complexity index is 445. The number of likely N-dealkylation sites (tertiary alicyclic amines) is 1. The lowest BCUT2D eigenvalue weighted by atomic mass is 10.1. The molecule has 0 unspecified atom stereocenters. The molecular weight excluding hydrogens is 311 g/mol. The molecule has 1 aliphatic heterocycles. The van der Waals surface area contributed by atoms with Crippen LogP contribution >= 0.6 is 24.0 Å². The van der Waals surface area contributed by atoms with E-state index < -0.39 is 0 Å². The Morgan fingerprint density at radius 3 is 2.48 bits per heavy atom. The number of benzene rings is 1. The second-order valence-corrected chi connectivity index (χ2v) is 5.55. The Morgan fingerprint density at radius 2 is 1.95 bits per heavy atom. The van der Waals surface area contributed by atoms with Gasteiger partial charge in [-0.15, -0.1) is 12.4 Å². The first-order chi connectivity index (χ1) is 9.60. The molecule has 1 atom stereocenters. The molecule has 0 spiro atoms. The van der Waals surface area contributed by atoms with E-state index in [9.17, 15) is 4.79 Å². The van der Waals surface area contributed by atoms with Crippen LogP contribution in [0.2, 0.25) is 5.02 Å². The summed E-state index contributed by atoms with van der Waals surface area (Å²) in [5.74, 6) is 0.877. The van der Waals surface area contributed by atoms with Gasteiger partial charge in [0, 0.05) is 31.0 Å². The van der Waals surface area contributed by atoms with Crippen LogP contribution in [0.15, 0.2) is 24.3 Å². The molecule has 118 valence electrons. The van der Waals surface area contributed by atoms with Crippen molar-refractivity contribution in [1.29, 1.82) is 0 Å². The molecule has 21 heavy (non-hydrogen) atoms. The van der Waals surface area contributed by atoms with Crippen LogP contribution in [-0.2, 0) is 4.79 Å². The number of amides is 1. The molecule has 4 nitrogen and oxygen atoms in total. The zero-order valence-corrected chi connectivity index (χ0v) is 13.7. The summed E-state index contributed by atoms with van der Waals surface area (Å²) in [4.78, 5) is 13.8. The second kappa shape index (κ2) is 8.47. The van der Waals surface area contributed by atoms with Gasteiger partial charge in [0.15, 0.2) is 0 Å². The number of carbonyl (C=O) groups excluding carboxylic acids is 1. The van der Waals surface area contributed by atoms with Crippen LogP contribution in [-0.4, -0.2) is 36.0 Å². The molecule has 1 aromatic carbocycles. The van der Waals surface area contributed by atoms with Gasteiger partial charge in [0.2, 0.25) is 5.91 Å². The van der Waals surface area contributed by atoms with Crippen molar-refractivity contribution in [1.82, 2.24) is 4.90 Å². The molecule has 6 heteroatoms. The maximum Gasteiger partial charge on any atom is 0.239 e. The van der Waals surface area contributed by atoms with E-state index >= 15 is 0 Å².